The average Bonchev–Trinajstić information content (AvgIpc) is 2.97. The number of nitrogens with zero attached hydrogens (tertiary/aromatic N) is 2. The van der Waals surface area contributed by atoms with Gasteiger partial charge in [0.25, 0.3) is 0 Å². The molecule has 4 nitrogen and oxygen atoms in total. The second-order valence-electron chi connectivity index (χ2n) is 5.18. The summed E-state index contributed by atoms with van der Waals surface area (Å²) in [5.74, 6) is 0.195. The summed E-state index contributed by atoms with van der Waals surface area (Å²) in [6, 6.07) is 7.14. The van der Waals surface area contributed by atoms with Gasteiger partial charge in [0.05, 0.1) is 24.5 Å². The molecule has 1 aliphatic rings. The van der Waals surface area contributed by atoms with Crippen molar-refractivity contribution in [2.45, 2.75) is 18.9 Å². The number of hydrogen-bond donors (Lipinski definition) is 1. The molecule has 1 aromatic heterocycles. The molecular formula is C16H18FN3O. The van der Waals surface area contributed by atoms with Crippen LogP contribution in [0.15, 0.2) is 36.7 Å². The number of rotatable bonds is 3. The third-order valence-electron chi connectivity index (χ3n) is 3.95. The molecule has 0 aliphatic carbocycles. The lowest BCUT2D eigenvalue weighted by molar-refractivity contribution is 0.416. The van der Waals surface area contributed by atoms with Crippen LogP contribution in [0, 0.1) is 5.82 Å². The van der Waals surface area contributed by atoms with E-state index in [1.54, 1.807) is 18.5 Å². The van der Waals surface area contributed by atoms with Crippen molar-refractivity contribution in [2.75, 3.05) is 24.3 Å². The van der Waals surface area contributed by atoms with Crippen LogP contribution < -0.4 is 15.4 Å². The second-order valence-corrected chi connectivity index (χ2v) is 5.18. The summed E-state index contributed by atoms with van der Waals surface area (Å²) in [5, 5.41) is 0. The molecule has 0 amide bonds. The highest BCUT2D eigenvalue weighted by atomic mass is 19.1. The number of nitrogens with two attached hydrogens (primary N) is 1. The summed E-state index contributed by atoms with van der Waals surface area (Å²) in [5.41, 5.74) is 7.76. The SMILES string of the molecule is COc1cc(N2CCCC2c2ccncc2)c(F)cc1N. The summed E-state index contributed by atoms with van der Waals surface area (Å²) in [4.78, 5) is 6.12. The summed E-state index contributed by atoms with van der Waals surface area (Å²) < 4.78 is 19.5. The van der Waals surface area contributed by atoms with Crippen LogP contribution in [0.2, 0.25) is 0 Å². The van der Waals surface area contributed by atoms with E-state index in [2.05, 4.69) is 9.88 Å². The normalized spacial score (nSPS) is 18.0. The molecule has 1 saturated heterocycles. The highest BCUT2D eigenvalue weighted by Crippen LogP contribution is 2.39. The molecule has 0 radical (unpaired) electrons. The molecule has 0 spiro atoms. The molecule has 1 aromatic carbocycles. The van der Waals surface area contributed by atoms with Crippen molar-refractivity contribution >= 4 is 11.4 Å². The Morgan fingerprint density at radius 3 is 2.81 bits per heavy atom. The van der Waals surface area contributed by atoms with E-state index in [0.29, 0.717) is 17.1 Å². The maximum atomic E-state index is 14.3. The van der Waals surface area contributed by atoms with Crippen molar-refractivity contribution in [1.29, 1.82) is 0 Å². The average molecular weight is 287 g/mol. The van der Waals surface area contributed by atoms with E-state index in [0.717, 1.165) is 24.9 Å². The zero-order valence-electron chi connectivity index (χ0n) is 11.9. The Balaban J connectivity index is 1.99. The van der Waals surface area contributed by atoms with Crippen LogP contribution in [0.3, 0.4) is 0 Å². The van der Waals surface area contributed by atoms with Gasteiger partial charge in [0.1, 0.15) is 11.6 Å². The van der Waals surface area contributed by atoms with Gasteiger partial charge in [-0.3, -0.25) is 4.98 Å². The molecule has 2 aromatic rings. The quantitative estimate of drug-likeness (QED) is 0.881. The minimum Gasteiger partial charge on any atom is -0.495 e. The van der Waals surface area contributed by atoms with Crippen LogP contribution in [0.1, 0.15) is 24.4 Å². The van der Waals surface area contributed by atoms with Gasteiger partial charge in [-0.15, -0.1) is 0 Å². The van der Waals surface area contributed by atoms with Gasteiger partial charge in [0.15, 0.2) is 0 Å². The lowest BCUT2D eigenvalue weighted by Crippen LogP contribution is -2.23. The number of methoxy groups -OCH3 is 1. The van der Waals surface area contributed by atoms with E-state index >= 15 is 0 Å². The number of benzene rings is 1. The van der Waals surface area contributed by atoms with Crippen molar-refractivity contribution in [1.82, 2.24) is 4.98 Å². The predicted molar refractivity (Wildman–Crippen MR) is 80.9 cm³/mol. The molecule has 21 heavy (non-hydrogen) atoms. The molecule has 110 valence electrons. The van der Waals surface area contributed by atoms with Crippen molar-refractivity contribution in [3.63, 3.8) is 0 Å². The topological polar surface area (TPSA) is 51.4 Å². The molecule has 2 N–H and O–H groups in total. The molecule has 1 atom stereocenters. The second kappa shape index (κ2) is 5.60. The van der Waals surface area contributed by atoms with E-state index in [9.17, 15) is 4.39 Å². The Morgan fingerprint density at radius 1 is 1.33 bits per heavy atom. The standard InChI is InChI=1S/C16H18FN3O/c1-21-16-10-15(12(17)9-13(16)18)20-8-2-3-14(20)11-4-6-19-7-5-11/h4-7,9-10,14H,2-3,8,18H2,1H3. The van der Waals surface area contributed by atoms with Gasteiger partial charge < -0.3 is 15.4 Å². The van der Waals surface area contributed by atoms with Gasteiger partial charge in [-0.25, -0.2) is 4.39 Å². The smallest absolute Gasteiger partial charge is 0.148 e. The van der Waals surface area contributed by atoms with Gasteiger partial charge in [0, 0.05) is 31.1 Å². The first-order valence-electron chi connectivity index (χ1n) is 7.00. The lowest BCUT2D eigenvalue weighted by atomic mass is 10.1. The molecule has 1 unspecified atom stereocenters. The number of anilines is 2. The van der Waals surface area contributed by atoms with Crippen molar-refractivity contribution < 1.29 is 9.13 Å². The zero-order chi connectivity index (χ0) is 14.8. The molecule has 1 fully saturated rings. The first kappa shape index (κ1) is 13.7. The Hall–Kier alpha value is -2.30. The Labute approximate surface area is 123 Å². The van der Waals surface area contributed by atoms with Crippen molar-refractivity contribution in [2.24, 2.45) is 0 Å². The fourth-order valence-corrected chi connectivity index (χ4v) is 2.94. The molecule has 3 rings (SSSR count). The Bertz CT molecular complexity index is 633. The predicted octanol–water partition coefficient (Wildman–Crippen LogP) is 3.15. The van der Waals surface area contributed by atoms with Gasteiger partial charge >= 0.3 is 0 Å². The van der Waals surface area contributed by atoms with Crippen LogP contribution in [-0.4, -0.2) is 18.6 Å². The van der Waals surface area contributed by atoms with E-state index in [1.165, 1.54) is 13.2 Å². The molecule has 0 saturated carbocycles. The number of halogens is 1. The molecule has 2 heterocycles. The van der Waals surface area contributed by atoms with E-state index in [1.807, 2.05) is 12.1 Å². The van der Waals surface area contributed by atoms with E-state index < -0.39 is 0 Å². The van der Waals surface area contributed by atoms with Crippen LogP contribution in [-0.2, 0) is 0 Å². The Morgan fingerprint density at radius 2 is 2.10 bits per heavy atom. The first-order valence-corrected chi connectivity index (χ1v) is 7.00. The molecule has 1 aliphatic heterocycles. The van der Waals surface area contributed by atoms with Crippen LogP contribution in [0.25, 0.3) is 0 Å². The van der Waals surface area contributed by atoms with Crippen LogP contribution in [0.4, 0.5) is 15.8 Å². The lowest BCUT2D eigenvalue weighted by Gasteiger charge is -2.28. The summed E-state index contributed by atoms with van der Waals surface area (Å²) in [6.45, 7) is 0.816. The Kier molecular flexibility index (Phi) is 3.64. The highest BCUT2D eigenvalue weighted by molar-refractivity contribution is 5.64. The summed E-state index contributed by atoms with van der Waals surface area (Å²) in [7, 11) is 1.54. The minimum absolute atomic E-state index is 0.163. The highest BCUT2D eigenvalue weighted by Gasteiger charge is 2.28. The molecule has 5 heteroatoms. The number of aromatic nitrogens is 1. The number of ether oxygens (including phenoxy) is 1. The van der Waals surface area contributed by atoms with Crippen LogP contribution >= 0.6 is 0 Å². The third-order valence-corrected chi connectivity index (χ3v) is 3.95. The van der Waals surface area contributed by atoms with Gasteiger partial charge in [-0.2, -0.15) is 0 Å². The van der Waals surface area contributed by atoms with Gasteiger partial charge in [-0.1, -0.05) is 0 Å². The fourth-order valence-electron chi connectivity index (χ4n) is 2.94. The number of pyridine rings is 1. The van der Waals surface area contributed by atoms with Crippen molar-refractivity contribution in [3.8, 4) is 5.75 Å². The van der Waals surface area contributed by atoms with Gasteiger partial charge in [-0.05, 0) is 30.5 Å². The maximum Gasteiger partial charge on any atom is 0.148 e. The zero-order valence-corrected chi connectivity index (χ0v) is 11.9. The summed E-state index contributed by atoms with van der Waals surface area (Å²) in [6.07, 6.45) is 5.56. The van der Waals surface area contributed by atoms with E-state index in [-0.39, 0.29) is 11.9 Å². The fraction of sp³-hybridized carbons (Fsp3) is 0.312. The number of nitrogen functional groups attached to an aromatic ring is 1. The largest absolute Gasteiger partial charge is 0.495 e. The minimum atomic E-state index is -0.311. The third kappa shape index (κ3) is 2.51. The monoisotopic (exact) mass is 287 g/mol. The molecular weight excluding hydrogens is 269 g/mol. The summed E-state index contributed by atoms with van der Waals surface area (Å²) >= 11 is 0. The van der Waals surface area contributed by atoms with E-state index in [4.69, 9.17) is 10.5 Å². The first-order chi connectivity index (χ1) is 10.2. The van der Waals surface area contributed by atoms with Gasteiger partial charge in [0.2, 0.25) is 0 Å². The number of hydrogen-bond acceptors (Lipinski definition) is 4. The van der Waals surface area contributed by atoms with Crippen LogP contribution in [0.5, 0.6) is 5.75 Å². The molecule has 0 bridgehead atoms. The van der Waals surface area contributed by atoms with Crippen molar-refractivity contribution in [3.05, 3.63) is 48.0 Å². The maximum absolute atomic E-state index is 14.3.